The summed E-state index contributed by atoms with van der Waals surface area (Å²) in [5.74, 6) is -0.122. The van der Waals surface area contributed by atoms with Gasteiger partial charge in [-0.05, 0) is 13.5 Å². The molecule has 0 fully saturated rings. The van der Waals surface area contributed by atoms with Crippen LogP contribution in [0.1, 0.15) is 20.3 Å². The lowest BCUT2D eigenvalue weighted by atomic mass is 10.4. The molecule has 0 aliphatic heterocycles. The maximum Gasteiger partial charge on any atom is 0.307 e. The molecule has 1 N–H and O–H groups in total. The molecule has 0 bridgehead atoms. The molecule has 0 aliphatic rings. The van der Waals surface area contributed by atoms with E-state index >= 15 is 0 Å². The van der Waals surface area contributed by atoms with Crippen LogP contribution in [0.3, 0.4) is 0 Å². The first-order valence-corrected chi connectivity index (χ1v) is 3.67. The van der Waals surface area contributed by atoms with Crippen LogP contribution in [0.2, 0.25) is 0 Å². The molecule has 0 radical (unpaired) electrons. The zero-order valence-corrected chi connectivity index (χ0v) is 7.87. The van der Waals surface area contributed by atoms with E-state index in [2.05, 4.69) is 5.32 Å². The number of carbonyl (C=O) groups is 1. The number of hydrogen-bond donors (Lipinski definition) is 1. The van der Waals surface area contributed by atoms with E-state index in [-0.39, 0.29) is 18.4 Å². The highest BCUT2D eigenvalue weighted by Crippen LogP contribution is 1.82. The Morgan fingerprint density at radius 1 is 1.45 bits per heavy atom. The molecule has 0 saturated carbocycles. The maximum absolute atomic E-state index is 10.7. The summed E-state index contributed by atoms with van der Waals surface area (Å²) < 4.78 is 4.71. The van der Waals surface area contributed by atoms with Gasteiger partial charge in [0, 0.05) is 6.54 Å². The third kappa shape index (κ3) is 9.72. The van der Waals surface area contributed by atoms with E-state index in [0.717, 1.165) is 13.1 Å². The van der Waals surface area contributed by atoms with Crippen molar-refractivity contribution in [1.29, 1.82) is 0 Å². The topological polar surface area (TPSA) is 38.3 Å². The van der Waals surface area contributed by atoms with Gasteiger partial charge < -0.3 is 10.1 Å². The highest BCUT2D eigenvalue weighted by atomic mass is 35.5. The van der Waals surface area contributed by atoms with Crippen LogP contribution in [0.25, 0.3) is 0 Å². The molecule has 0 aliphatic carbocycles. The zero-order chi connectivity index (χ0) is 7.82. The number of ether oxygens (including phenoxy) is 1. The first kappa shape index (κ1) is 13.3. The van der Waals surface area contributed by atoms with Crippen LogP contribution in [0.4, 0.5) is 0 Å². The maximum atomic E-state index is 10.7. The summed E-state index contributed by atoms with van der Waals surface area (Å²) in [6.07, 6.45) is 0.474. The van der Waals surface area contributed by atoms with Crippen molar-refractivity contribution in [2.45, 2.75) is 20.3 Å². The Morgan fingerprint density at radius 2 is 2.09 bits per heavy atom. The van der Waals surface area contributed by atoms with Gasteiger partial charge in [-0.25, -0.2) is 0 Å². The van der Waals surface area contributed by atoms with Crippen molar-refractivity contribution in [1.82, 2.24) is 5.32 Å². The van der Waals surface area contributed by atoms with E-state index in [0.29, 0.717) is 13.0 Å². The third-order valence-electron chi connectivity index (χ3n) is 1.06. The summed E-state index contributed by atoms with van der Waals surface area (Å²) in [6.45, 7) is 5.91. The van der Waals surface area contributed by atoms with Crippen LogP contribution in [0, 0.1) is 0 Å². The van der Waals surface area contributed by atoms with Crippen LogP contribution >= 0.6 is 12.4 Å². The van der Waals surface area contributed by atoms with Gasteiger partial charge in [-0.1, -0.05) is 6.92 Å². The molecule has 0 aromatic heterocycles. The van der Waals surface area contributed by atoms with E-state index in [1.165, 1.54) is 0 Å². The van der Waals surface area contributed by atoms with Crippen LogP contribution in [0.5, 0.6) is 0 Å². The fourth-order valence-electron chi connectivity index (χ4n) is 0.600. The minimum Gasteiger partial charge on any atom is -0.466 e. The number of esters is 1. The molecule has 4 heteroatoms. The monoisotopic (exact) mass is 181 g/mol. The van der Waals surface area contributed by atoms with Gasteiger partial charge in [0.25, 0.3) is 0 Å². The predicted octanol–water partition coefficient (Wildman–Crippen LogP) is 0.971. The summed E-state index contributed by atoms with van der Waals surface area (Å²) in [5.41, 5.74) is 0. The van der Waals surface area contributed by atoms with Crippen LogP contribution in [-0.2, 0) is 9.53 Å². The minimum atomic E-state index is -0.122. The number of carbonyl (C=O) groups excluding carboxylic acids is 1. The van der Waals surface area contributed by atoms with Gasteiger partial charge in [0.05, 0.1) is 13.0 Å². The van der Waals surface area contributed by atoms with Crippen molar-refractivity contribution in [3.05, 3.63) is 0 Å². The Bertz CT molecular complexity index is 98.4. The van der Waals surface area contributed by atoms with E-state index in [1.54, 1.807) is 0 Å². The van der Waals surface area contributed by atoms with Gasteiger partial charge in [-0.2, -0.15) is 0 Å². The summed E-state index contributed by atoms with van der Waals surface area (Å²) >= 11 is 0. The highest BCUT2D eigenvalue weighted by Gasteiger charge is 1.98. The molecule has 11 heavy (non-hydrogen) atoms. The van der Waals surface area contributed by atoms with Crippen molar-refractivity contribution < 1.29 is 9.53 Å². The second kappa shape index (κ2) is 9.72. The lowest BCUT2D eigenvalue weighted by Crippen LogP contribution is -2.18. The standard InChI is InChI=1S/C7H15NO2.ClH/c1-3-8-6-5-7(9)10-4-2;/h8H,3-6H2,1-2H3;1H. The predicted molar refractivity (Wildman–Crippen MR) is 47.0 cm³/mol. The summed E-state index contributed by atoms with van der Waals surface area (Å²) in [7, 11) is 0. The minimum absolute atomic E-state index is 0. The average Bonchev–Trinajstić information content (AvgIpc) is 1.89. The van der Waals surface area contributed by atoms with Crippen LogP contribution in [-0.4, -0.2) is 25.7 Å². The van der Waals surface area contributed by atoms with Crippen molar-refractivity contribution in [3.63, 3.8) is 0 Å². The Kier molecular flexibility index (Phi) is 11.8. The smallest absolute Gasteiger partial charge is 0.307 e. The van der Waals surface area contributed by atoms with Crippen molar-refractivity contribution in [2.24, 2.45) is 0 Å². The van der Waals surface area contributed by atoms with Crippen molar-refractivity contribution >= 4 is 18.4 Å². The third-order valence-corrected chi connectivity index (χ3v) is 1.06. The fourth-order valence-corrected chi connectivity index (χ4v) is 0.600. The quantitative estimate of drug-likeness (QED) is 0.508. The average molecular weight is 182 g/mol. The number of nitrogens with one attached hydrogen (secondary N) is 1. The SMILES string of the molecule is CCNCCC(=O)OCC.Cl. The van der Waals surface area contributed by atoms with Gasteiger partial charge in [-0.15, -0.1) is 12.4 Å². The molecule has 0 spiro atoms. The van der Waals surface area contributed by atoms with Crippen LogP contribution in [0.15, 0.2) is 0 Å². The van der Waals surface area contributed by atoms with E-state index in [1.807, 2.05) is 13.8 Å². The molecule has 0 unspecified atom stereocenters. The lowest BCUT2D eigenvalue weighted by Gasteiger charge is -2.00. The molecule has 0 atom stereocenters. The van der Waals surface area contributed by atoms with E-state index in [9.17, 15) is 4.79 Å². The van der Waals surface area contributed by atoms with E-state index in [4.69, 9.17) is 4.74 Å². The fraction of sp³-hybridized carbons (Fsp3) is 0.857. The molecular formula is C7H16ClNO2. The van der Waals surface area contributed by atoms with Gasteiger partial charge >= 0.3 is 5.97 Å². The Morgan fingerprint density at radius 3 is 2.55 bits per heavy atom. The molecule has 0 aromatic rings. The molecule has 0 saturated heterocycles. The Balaban J connectivity index is 0. The zero-order valence-electron chi connectivity index (χ0n) is 7.05. The molecule has 0 aromatic carbocycles. The molecule has 68 valence electrons. The molecular weight excluding hydrogens is 166 g/mol. The number of halogens is 1. The second-order valence-electron chi connectivity index (χ2n) is 1.91. The Labute approximate surface area is 73.9 Å². The van der Waals surface area contributed by atoms with Gasteiger partial charge in [-0.3, -0.25) is 4.79 Å². The first-order valence-electron chi connectivity index (χ1n) is 3.67. The van der Waals surface area contributed by atoms with Crippen molar-refractivity contribution in [3.8, 4) is 0 Å². The van der Waals surface area contributed by atoms with Crippen molar-refractivity contribution in [2.75, 3.05) is 19.7 Å². The Hall–Kier alpha value is -0.280. The number of hydrogen-bond acceptors (Lipinski definition) is 3. The van der Waals surface area contributed by atoms with Crippen LogP contribution < -0.4 is 5.32 Å². The first-order chi connectivity index (χ1) is 4.81. The largest absolute Gasteiger partial charge is 0.466 e. The van der Waals surface area contributed by atoms with Gasteiger partial charge in [0.2, 0.25) is 0 Å². The molecule has 3 nitrogen and oxygen atoms in total. The van der Waals surface area contributed by atoms with E-state index < -0.39 is 0 Å². The highest BCUT2D eigenvalue weighted by molar-refractivity contribution is 5.85. The summed E-state index contributed by atoms with van der Waals surface area (Å²) in [4.78, 5) is 10.7. The van der Waals surface area contributed by atoms with Gasteiger partial charge in [0.1, 0.15) is 0 Å². The number of rotatable bonds is 5. The molecule has 0 heterocycles. The summed E-state index contributed by atoms with van der Waals surface area (Å²) in [6, 6.07) is 0. The second-order valence-corrected chi connectivity index (χ2v) is 1.91. The molecule has 0 amide bonds. The normalized spacial score (nSPS) is 8.55. The van der Waals surface area contributed by atoms with Gasteiger partial charge in [0.15, 0.2) is 0 Å². The lowest BCUT2D eigenvalue weighted by molar-refractivity contribution is -0.142. The summed E-state index contributed by atoms with van der Waals surface area (Å²) in [5, 5.41) is 3.04. The molecule has 0 rings (SSSR count).